The Morgan fingerprint density at radius 1 is 1.67 bits per heavy atom. The van der Waals surface area contributed by atoms with Crippen molar-refractivity contribution in [1.29, 1.82) is 5.26 Å². The van der Waals surface area contributed by atoms with Crippen LogP contribution in [0.4, 0.5) is 0 Å². The Bertz CT molecular complexity index is 386. The molecule has 0 aliphatic carbocycles. The second kappa shape index (κ2) is 3.25. The molecular weight excluding hydrogens is 194 g/mol. The highest BCUT2D eigenvalue weighted by Gasteiger charge is 2.23. The molecule has 1 heterocycles. The van der Waals surface area contributed by atoms with Crippen molar-refractivity contribution in [2.24, 2.45) is 0 Å². The number of rotatable bonds is 2. The minimum absolute atomic E-state index is 0.261. The van der Waals surface area contributed by atoms with Crippen LogP contribution in [0.5, 0.6) is 0 Å². The topological polar surface area (TPSA) is 57.9 Å². The zero-order chi connectivity index (χ0) is 9.19. The number of hydrogen-bond donors (Lipinski definition) is 0. The normalized spacial score (nSPS) is 13.7. The Morgan fingerprint density at radius 3 is 2.75 bits per heavy atom. The van der Waals surface area contributed by atoms with E-state index < -0.39 is 15.1 Å². The van der Waals surface area contributed by atoms with Gasteiger partial charge in [0.2, 0.25) is 9.84 Å². The summed E-state index contributed by atoms with van der Waals surface area (Å²) in [6.45, 7) is 1.38. The van der Waals surface area contributed by atoms with Crippen LogP contribution in [0.25, 0.3) is 0 Å². The summed E-state index contributed by atoms with van der Waals surface area (Å²) in [6, 6.07) is 4.87. The van der Waals surface area contributed by atoms with Gasteiger partial charge in [0, 0.05) is 0 Å². The number of nitriles is 1. The van der Waals surface area contributed by atoms with Gasteiger partial charge < -0.3 is 0 Å². The third-order valence-corrected chi connectivity index (χ3v) is 4.80. The van der Waals surface area contributed by atoms with E-state index in [1.807, 2.05) is 0 Å². The Morgan fingerprint density at radius 2 is 2.33 bits per heavy atom. The quantitative estimate of drug-likeness (QED) is 0.727. The van der Waals surface area contributed by atoms with Gasteiger partial charge in [-0.2, -0.15) is 5.26 Å². The van der Waals surface area contributed by atoms with Gasteiger partial charge in [0.25, 0.3) is 0 Å². The van der Waals surface area contributed by atoms with Crippen molar-refractivity contribution in [3.05, 3.63) is 17.5 Å². The van der Waals surface area contributed by atoms with E-state index in [9.17, 15) is 8.42 Å². The standard InChI is InChI=1S/C7H7NO2S2/c1-6(5-8)12(9,10)7-3-2-4-11-7/h2-4,6H,1H3. The maximum atomic E-state index is 11.4. The Kier molecular flexibility index (Phi) is 2.50. The van der Waals surface area contributed by atoms with E-state index in [1.54, 1.807) is 17.5 Å². The fraction of sp³-hybridized carbons (Fsp3) is 0.286. The van der Waals surface area contributed by atoms with Gasteiger partial charge >= 0.3 is 0 Å². The maximum Gasteiger partial charge on any atom is 0.203 e. The largest absolute Gasteiger partial charge is 0.222 e. The molecule has 64 valence electrons. The molecule has 0 amide bonds. The molecule has 0 aliphatic rings. The van der Waals surface area contributed by atoms with Crippen LogP contribution in [-0.4, -0.2) is 13.7 Å². The highest BCUT2D eigenvalue weighted by molar-refractivity contribution is 7.94. The first kappa shape index (κ1) is 9.23. The minimum atomic E-state index is -3.39. The van der Waals surface area contributed by atoms with Crippen molar-refractivity contribution < 1.29 is 8.42 Å². The van der Waals surface area contributed by atoms with Crippen LogP contribution in [0.3, 0.4) is 0 Å². The molecule has 0 saturated heterocycles. The van der Waals surface area contributed by atoms with Gasteiger partial charge in [-0.3, -0.25) is 0 Å². The number of thiophene rings is 1. The Hall–Kier alpha value is -0.860. The first-order valence-electron chi connectivity index (χ1n) is 3.26. The lowest BCUT2D eigenvalue weighted by Gasteiger charge is -2.00. The summed E-state index contributed by atoms with van der Waals surface area (Å²) >= 11 is 1.13. The fourth-order valence-electron chi connectivity index (χ4n) is 0.669. The molecule has 1 atom stereocenters. The third-order valence-electron chi connectivity index (χ3n) is 1.42. The summed E-state index contributed by atoms with van der Waals surface area (Å²) in [6.07, 6.45) is 0. The van der Waals surface area contributed by atoms with E-state index in [4.69, 9.17) is 5.26 Å². The predicted molar refractivity (Wildman–Crippen MR) is 46.6 cm³/mol. The second-order valence-electron chi connectivity index (χ2n) is 2.25. The van der Waals surface area contributed by atoms with Gasteiger partial charge in [0.05, 0.1) is 6.07 Å². The first-order chi connectivity index (χ1) is 5.59. The molecule has 0 aromatic carbocycles. The van der Waals surface area contributed by atoms with Crippen molar-refractivity contribution in [3.63, 3.8) is 0 Å². The molecule has 1 aromatic heterocycles. The SMILES string of the molecule is CC(C#N)S(=O)(=O)c1cccs1. The summed E-state index contributed by atoms with van der Waals surface area (Å²) in [5.41, 5.74) is 0. The van der Waals surface area contributed by atoms with Crippen LogP contribution in [0, 0.1) is 11.3 Å². The highest BCUT2D eigenvalue weighted by Crippen LogP contribution is 2.20. The van der Waals surface area contributed by atoms with Crippen LogP contribution in [0.15, 0.2) is 21.7 Å². The molecule has 0 aliphatic heterocycles. The van der Waals surface area contributed by atoms with Crippen LogP contribution in [0.2, 0.25) is 0 Å². The molecule has 5 heteroatoms. The molecule has 1 aromatic rings. The maximum absolute atomic E-state index is 11.4. The molecule has 1 rings (SSSR count). The molecule has 0 N–H and O–H groups in total. The lowest BCUT2D eigenvalue weighted by Crippen LogP contribution is -2.14. The number of sulfone groups is 1. The number of nitrogens with zero attached hydrogens (tertiary/aromatic N) is 1. The average Bonchev–Trinajstić information content (AvgIpc) is 2.55. The highest BCUT2D eigenvalue weighted by atomic mass is 32.2. The molecule has 1 unspecified atom stereocenters. The summed E-state index contributed by atoms with van der Waals surface area (Å²) in [4.78, 5) is 0. The van der Waals surface area contributed by atoms with Crippen LogP contribution < -0.4 is 0 Å². The molecule has 0 spiro atoms. The monoisotopic (exact) mass is 201 g/mol. The minimum Gasteiger partial charge on any atom is -0.222 e. The summed E-state index contributed by atoms with van der Waals surface area (Å²) in [5.74, 6) is 0. The third kappa shape index (κ3) is 1.49. The van der Waals surface area contributed by atoms with Crippen LogP contribution >= 0.6 is 11.3 Å². The van der Waals surface area contributed by atoms with E-state index >= 15 is 0 Å². The lowest BCUT2D eigenvalue weighted by atomic mass is 10.5. The second-order valence-corrected chi connectivity index (χ2v) is 5.69. The van der Waals surface area contributed by atoms with E-state index in [-0.39, 0.29) is 4.21 Å². The van der Waals surface area contributed by atoms with E-state index in [0.29, 0.717) is 0 Å². The summed E-state index contributed by atoms with van der Waals surface area (Å²) < 4.78 is 23.1. The first-order valence-corrected chi connectivity index (χ1v) is 5.68. The van der Waals surface area contributed by atoms with Crippen LogP contribution in [-0.2, 0) is 9.84 Å². The zero-order valence-corrected chi connectivity index (χ0v) is 8.02. The van der Waals surface area contributed by atoms with Gasteiger partial charge in [-0.25, -0.2) is 8.42 Å². The molecule has 0 radical (unpaired) electrons. The zero-order valence-electron chi connectivity index (χ0n) is 6.39. The van der Waals surface area contributed by atoms with Gasteiger partial charge in [0.15, 0.2) is 5.25 Å². The van der Waals surface area contributed by atoms with Gasteiger partial charge in [0.1, 0.15) is 4.21 Å². The lowest BCUT2D eigenvalue weighted by molar-refractivity contribution is 0.594. The summed E-state index contributed by atoms with van der Waals surface area (Å²) in [7, 11) is -3.39. The molecule has 0 saturated carbocycles. The molecule has 3 nitrogen and oxygen atoms in total. The smallest absolute Gasteiger partial charge is 0.203 e. The molecule has 0 fully saturated rings. The fourth-order valence-corrected chi connectivity index (χ4v) is 3.01. The predicted octanol–water partition coefficient (Wildman–Crippen LogP) is 1.43. The van der Waals surface area contributed by atoms with E-state index in [0.717, 1.165) is 11.3 Å². The van der Waals surface area contributed by atoms with Crippen LogP contribution in [0.1, 0.15) is 6.92 Å². The molecular formula is C7H7NO2S2. The average molecular weight is 201 g/mol. The van der Waals surface area contributed by atoms with Gasteiger partial charge in [-0.15, -0.1) is 11.3 Å². The van der Waals surface area contributed by atoms with Gasteiger partial charge in [-0.05, 0) is 18.4 Å². The van der Waals surface area contributed by atoms with E-state index in [1.165, 1.54) is 13.0 Å². The van der Waals surface area contributed by atoms with Crippen molar-refractivity contribution in [1.82, 2.24) is 0 Å². The van der Waals surface area contributed by atoms with Crippen molar-refractivity contribution >= 4 is 21.2 Å². The van der Waals surface area contributed by atoms with E-state index in [2.05, 4.69) is 0 Å². The number of hydrogen-bond acceptors (Lipinski definition) is 4. The Labute approximate surface area is 75.2 Å². The molecule has 12 heavy (non-hydrogen) atoms. The summed E-state index contributed by atoms with van der Waals surface area (Å²) in [5, 5.41) is 9.16. The van der Waals surface area contributed by atoms with Gasteiger partial charge in [-0.1, -0.05) is 6.07 Å². The van der Waals surface area contributed by atoms with Crippen molar-refractivity contribution in [2.75, 3.05) is 0 Å². The Balaban J connectivity index is 3.14. The van der Waals surface area contributed by atoms with Crippen molar-refractivity contribution in [3.8, 4) is 6.07 Å². The van der Waals surface area contributed by atoms with Crippen molar-refractivity contribution in [2.45, 2.75) is 16.4 Å². The molecule has 0 bridgehead atoms.